The fourth-order valence-corrected chi connectivity index (χ4v) is 3.81. The molecule has 130 valence electrons. The van der Waals surface area contributed by atoms with Crippen molar-refractivity contribution in [2.24, 2.45) is 0 Å². The molecule has 1 aliphatic carbocycles. The minimum atomic E-state index is -2.29. The first kappa shape index (κ1) is 16.3. The van der Waals surface area contributed by atoms with Gasteiger partial charge in [-0.2, -0.15) is 5.10 Å². The van der Waals surface area contributed by atoms with Gasteiger partial charge in [0.1, 0.15) is 5.82 Å². The first-order chi connectivity index (χ1) is 12.1. The maximum absolute atomic E-state index is 11.0. The van der Waals surface area contributed by atoms with E-state index in [9.17, 15) is 13.9 Å². The molecule has 10 heteroatoms. The van der Waals surface area contributed by atoms with Gasteiger partial charge >= 0.3 is 0 Å². The van der Waals surface area contributed by atoms with Crippen molar-refractivity contribution in [2.45, 2.75) is 29.6 Å². The van der Waals surface area contributed by atoms with E-state index in [2.05, 4.69) is 25.5 Å². The second kappa shape index (κ2) is 6.64. The quantitative estimate of drug-likeness (QED) is 0.563. The van der Waals surface area contributed by atoms with E-state index in [-0.39, 0.29) is 10.8 Å². The van der Waals surface area contributed by atoms with Crippen molar-refractivity contribution in [2.75, 3.05) is 5.32 Å². The van der Waals surface area contributed by atoms with Gasteiger partial charge in [0.15, 0.2) is 11.6 Å². The molecule has 3 N–H and O–H groups in total. The van der Waals surface area contributed by atoms with Gasteiger partial charge in [0, 0.05) is 23.7 Å². The SMILES string of the molecule is O=S([O-])c1ccc(-c2nc(CO)cc(Nc3cc(C4CC4)[nH]n3)n2)s1. The van der Waals surface area contributed by atoms with Gasteiger partial charge in [-0.25, -0.2) is 9.97 Å². The van der Waals surface area contributed by atoms with Crippen molar-refractivity contribution < 1.29 is 13.9 Å². The monoisotopic (exact) mass is 376 g/mol. The lowest BCUT2D eigenvalue weighted by Gasteiger charge is -2.06. The summed E-state index contributed by atoms with van der Waals surface area (Å²) in [5.41, 5.74) is 1.53. The van der Waals surface area contributed by atoms with Crippen LogP contribution in [0.4, 0.5) is 11.6 Å². The number of nitrogens with one attached hydrogen (secondary N) is 2. The second-order valence-corrected chi connectivity index (χ2v) is 7.94. The molecular weight excluding hydrogens is 362 g/mol. The average Bonchev–Trinajstić information content (AvgIpc) is 3.15. The van der Waals surface area contributed by atoms with Crippen LogP contribution in [-0.2, 0) is 17.7 Å². The zero-order valence-electron chi connectivity index (χ0n) is 12.9. The summed E-state index contributed by atoms with van der Waals surface area (Å²) >= 11 is -1.21. The molecule has 1 fully saturated rings. The number of hydrogen-bond acceptors (Lipinski definition) is 8. The van der Waals surface area contributed by atoms with Crippen LogP contribution in [0.15, 0.2) is 28.5 Å². The summed E-state index contributed by atoms with van der Waals surface area (Å²) in [4.78, 5) is 9.28. The zero-order chi connectivity index (χ0) is 17.4. The highest BCUT2D eigenvalue weighted by atomic mass is 32.2. The Labute approximate surface area is 149 Å². The van der Waals surface area contributed by atoms with Crippen LogP contribution >= 0.6 is 11.3 Å². The van der Waals surface area contributed by atoms with Gasteiger partial charge in [0.2, 0.25) is 0 Å². The first-order valence-corrected chi connectivity index (χ1v) is 9.52. The van der Waals surface area contributed by atoms with Crippen LogP contribution in [0.1, 0.15) is 30.1 Å². The molecule has 1 atom stereocenters. The number of anilines is 2. The Morgan fingerprint density at radius 1 is 1.32 bits per heavy atom. The molecule has 3 aromatic heterocycles. The van der Waals surface area contributed by atoms with Crippen LogP contribution in [0.2, 0.25) is 0 Å². The van der Waals surface area contributed by atoms with E-state index in [4.69, 9.17) is 0 Å². The fourth-order valence-electron chi connectivity index (χ4n) is 2.42. The Bertz CT molecular complexity index is 935. The molecular formula is C15H14N5O3S2-. The molecule has 0 aromatic carbocycles. The molecule has 8 nitrogen and oxygen atoms in total. The number of hydrogen-bond donors (Lipinski definition) is 3. The minimum absolute atomic E-state index is 0.212. The van der Waals surface area contributed by atoms with Crippen LogP contribution in [0.3, 0.4) is 0 Å². The summed E-state index contributed by atoms with van der Waals surface area (Å²) in [6.07, 6.45) is 2.35. The number of aliphatic hydroxyl groups is 1. The molecule has 0 spiro atoms. The van der Waals surface area contributed by atoms with E-state index in [0.717, 1.165) is 17.0 Å². The van der Waals surface area contributed by atoms with Crippen LogP contribution < -0.4 is 5.32 Å². The number of thiophene rings is 1. The normalized spacial score (nSPS) is 15.3. The van der Waals surface area contributed by atoms with Crippen molar-refractivity contribution in [1.29, 1.82) is 0 Å². The third kappa shape index (κ3) is 3.61. The highest BCUT2D eigenvalue weighted by Crippen LogP contribution is 2.39. The number of nitrogens with zero attached hydrogens (tertiary/aromatic N) is 3. The third-order valence-electron chi connectivity index (χ3n) is 3.78. The smallest absolute Gasteiger partial charge is 0.171 e. The molecule has 3 aromatic rings. The molecule has 0 bridgehead atoms. The van der Waals surface area contributed by atoms with Crippen molar-refractivity contribution in [3.05, 3.63) is 35.7 Å². The number of H-pyrrole nitrogens is 1. The van der Waals surface area contributed by atoms with E-state index < -0.39 is 11.1 Å². The Kier molecular flexibility index (Phi) is 4.34. The van der Waals surface area contributed by atoms with Gasteiger partial charge < -0.3 is 15.0 Å². The maximum Gasteiger partial charge on any atom is 0.171 e. The number of aliphatic hydroxyl groups excluding tert-OH is 1. The maximum atomic E-state index is 11.0. The van der Waals surface area contributed by atoms with E-state index in [1.807, 2.05) is 6.07 Å². The topological polar surface area (TPSA) is 127 Å². The molecule has 1 aliphatic rings. The Morgan fingerprint density at radius 2 is 2.16 bits per heavy atom. The summed E-state index contributed by atoms with van der Waals surface area (Å²) in [5.74, 6) is 2.05. The van der Waals surface area contributed by atoms with E-state index in [0.29, 0.717) is 33.9 Å². The van der Waals surface area contributed by atoms with Gasteiger partial charge in [0.05, 0.1) is 21.4 Å². The fraction of sp³-hybridized carbons (Fsp3) is 0.267. The highest BCUT2D eigenvalue weighted by Gasteiger charge is 2.25. The van der Waals surface area contributed by atoms with E-state index in [1.165, 1.54) is 18.9 Å². The molecule has 0 amide bonds. The van der Waals surface area contributed by atoms with Gasteiger partial charge in [-0.3, -0.25) is 9.31 Å². The number of rotatable bonds is 6. The second-order valence-electron chi connectivity index (χ2n) is 5.69. The van der Waals surface area contributed by atoms with Crippen molar-refractivity contribution in [3.63, 3.8) is 0 Å². The Morgan fingerprint density at radius 3 is 2.84 bits per heavy atom. The molecule has 1 unspecified atom stereocenters. The van der Waals surface area contributed by atoms with Crippen molar-refractivity contribution in [1.82, 2.24) is 20.2 Å². The zero-order valence-corrected chi connectivity index (χ0v) is 14.6. The summed E-state index contributed by atoms with van der Waals surface area (Å²) in [7, 11) is 0. The Balaban J connectivity index is 1.63. The predicted molar refractivity (Wildman–Crippen MR) is 92.3 cm³/mol. The number of aromatic nitrogens is 4. The van der Waals surface area contributed by atoms with Crippen LogP contribution in [0.25, 0.3) is 10.7 Å². The molecule has 0 saturated heterocycles. The lowest BCUT2D eigenvalue weighted by Crippen LogP contribution is -2.01. The lowest BCUT2D eigenvalue weighted by molar-refractivity contribution is 0.277. The molecule has 25 heavy (non-hydrogen) atoms. The lowest BCUT2D eigenvalue weighted by atomic mass is 10.3. The van der Waals surface area contributed by atoms with Crippen molar-refractivity contribution >= 4 is 34.1 Å². The van der Waals surface area contributed by atoms with E-state index in [1.54, 1.807) is 12.1 Å². The summed E-state index contributed by atoms with van der Waals surface area (Å²) in [6.45, 7) is -0.246. The standard InChI is InChI=1S/C15H15N5O3S2/c21-7-9-5-12(17-13-6-10(19-20-13)8-1-2-8)18-15(16-9)11-3-4-14(24-11)25(22)23/h3-6,8,21H,1-2,7H2,(H,22,23)(H2,16,17,18,19,20)/p-1. The third-order valence-corrected chi connectivity index (χ3v) is 5.78. The van der Waals surface area contributed by atoms with Crippen LogP contribution in [0, 0.1) is 0 Å². The van der Waals surface area contributed by atoms with Crippen LogP contribution in [-0.4, -0.2) is 34.0 Å². The largest absolute Gasteiger partial charge is 0.768 e. The minimum Gasteiger partial charge on any atom is -0.768 e. The van der Waals surface area contributed by atoms with Gasteiger partial charge in [-0.1, -0.05) is 0 Å². The molecule has 3 heterocycles. The Hall–Kier alpha value is -2.14. The van der Waals surface area contributed by atoms with Gasteiger partial charge in [0.25, 0.3) is 0 Å². The summed E-state index contributed by atoms with van der Waals surface area (Å²) in [5, 5.41) is 19.8. The predicted octanol–water partition coefficient (Wildman–Crippen LogP) is 2.28. The molecule has 0 radical (unpaired) electrons. The van der Waals surface area contributed by atoms with Gasteiger partial charge in [-0.15, -0.1) is 11.3 Å². The molecule has 1 saturated carbocycles. The summed E-state index contributed by atoms with van der Waals surface area (Å²) in [6, 6.07) is 6.73. The summed E-state index contributed by atoms with van der Waals surface area (Å²) < 4.78 is 22.3. The van der Waals surface area contributed by atoms with Gasteiger partial charge in [-0.05, 0) is 36.1 Å². The van der Waals surface area contributed by atoms with Crippen molar-refractivity contribution in [3.8, 4) is 10.7 Å². The van der Waals surface area contributed by atoms with E-state index >= 15 is 0 Å². The first-order valence-electron chi connectivity index (χ1n) is 7.63. The highest BCUT2D eigenvalue weighted by molar-refractivity contribution is 7.81. The molecule has 4 rings (SSSR count). The molecule has 0 aliphatic heterocycles. The average molecular weight is 376 g/mol. The van der Waals surface area contributed by atoms with Crippen LogP contribution in [0.5, 0.6) is 0 Å². The number of aromatic amines is 1.